The molecule has 0 bridgehead atoms. The van der Waals surface area contributed by atoms with Crippen molar-refractivity contribution >= 4 is 29.6 Å². The molecule has 3 rings (SSSR count). The summed E-state index contributed by atoms with van der Waals surface area (Å²) in [6.45, 7) is 0. The number of alkyl halides is 3. The monoisotopic (exact) mass is 390 g/mol. The Labute approximate surface area is 157 Å². The lowest BCUT2D eigenvalue weighted by molar-refractivity contribution is -0.137. The second kappa shape index (κ2) is 7.18. The lowest BCUT2D eigenvalue weighted by atomic mass is 10.0. The molecule has 9 heteroatoms. The summed E-state index contributed by atoms with van der Waals surface area (Å²) in [5.74, 6) is -1.45. The zero-order valence-corrected chi connectivity index (χ0v) is 14.4. The Bertz CT molecular complexity index is 981. The van der Waals surface area contributed by atoms with Gasteiger partial charge in [0.1, 0.15) is 11.3 Å². The highest BCUT2D eigenvalue weighted by Crippen LogP contribution is 2.30. The fourth-order valence-electron chi connectivity index (χ4n) is 2.59. The van der Waals surface area contributed by atoms with Gasteiger partial charge >= 0.3 is 12.2 Å². The predicted octanol–water partition coefficient (Wildman–Crippen LogP) is 3.38. The molecule has 1 heterocycles. The van der Waals surface area contributed by atoms with E-state index in [2.05, 4.69) is 0 Å². The Morgan fingerprint density at radius 2 is 1.71 bits per heavy atom. The summed E-state index contributed by atoms with van der Waals surface area (Å²) in [6, 6.07) is 9.11. The number of nitrogens with one attached hydrogen (secondary N) is 1. The van der Waals surface area contributed by atoms with Crippen LogP contribution in [0.2, 0.25) is 0 Å². The van der Waals surface area contributed by atoms with E-state index in [1.165, 1.54) is 37.4 Å². The maximum absolute atomic E-state index is 12.9. The normalized spacial score (nSPS) is 16.4. The van der Waals surface area contributed by atoms with Gasteiger partial charge in [-0.2, -0.15) is 13.2 Å². The average molecular weight is 390 g/mol. The molecule has 144 valence electrons. The Balaban J connectivity index is 1.99. The number of carbonyl (C=O) groups is 3. The van der Waals surface area contributed by atoms with E-state index >= 15 is 0 Å². The number of rotatable bonds is 3. The second-order valence-electron chi connectivity index (χ2n) is 5.78. The molecule has 2 aromatic rings. The number of urea groups is 1. The molecule has 1 fully saturated rings. The van der Waals surface area contributed by atoms with E-state index in [1.807, 2.05) is 5.32 Å². The molecule has 0 unspecified atom stereocenters. The van der Waals surface area contributed by atoms with Crippen molar-refractivity contribution in [3.05, 3.63) is 65.2 Å². The van der Waals surface area contributed by atoms with Gasteiger partial charge < -0.3 is 4.74 Å². The number of carbonyl (C=O) groups excluding carboxylic acids is 3. The number of hydrogen-bond acceptors (Lipinski definition) is 4. The van der Waals surface area contributed by atoms with Crippen LogP contribution in [0.3, 0.4) is 0 Å². The van der Waals surface area contributed by atoms with E-state index in [0.717, 1.165) is 29.2 Å². The maximum Gasteiger partial charge on any atom is 0.416 e. The highest BCUT2D eigenvalue weighted by atomic mass is 19.4. The van der Waals surface area contributed by atoms with Gasteiger partial charge in [0.15, 0.2) is 0 Å². The second-order valence-corrected chi connectivity index (χ2v) is 5.78. The molecule has 0 aliphatic carbocycles. The summed E-state index contributed by atoms with van der Waals surface area (Å²) in [5.41, 5.74) is -1.22. The minimum Gasteiger partial charge on any atom is -0.497 e. The molecule has 6 nitrogen and oxygen atoms in total. The van der Waals surface area contributed by atoms with Crippen molar-refractivity contribution in [2.75, 3.05) is 12.0 Å². The summed E-state index contributed by atoms with van der Waals surface area (Å²) in [4.78, 5) is 37.6. The number of benzene rings is 2. The summed E-state index contributed by atoms with van der Waals surface area (Å²) in [6.07, 6.45) is -3.56. The number of anilines is 1. The number of methoxy groups -OCH3 is 1. The van der Waals surface area contributed by atoms with Crippen molar-refractivity contribution in [3.8, 4) is 5.75 Å². The van der Waals surface area contributed by atoms with Crippen LogP contribution >= 0.6 is 0 Å². The van der Waals surface area contributed by atoms with Crippen molar-refractivity contribution in [3.63, 3.8) is 0 Å². The summed E-state index contributed by atoms with van der Waals surface area (Å²) in [7, 11) is 1.45. The molecule has 1 aliphatic heterocycles. The van der Waals surface area contributed by atoms with Crippen LogP contribution in [-0.4, -0.2) is 25.0 Å². The molecule has 28 heavy (non-hydrogen) atoms. The van der Waals surface area contributed by atoms with Gasteiger partial charge in [0.25, 0.3) is 11.8 Å². The molecule has 2 aromatic carbocycles. The van der Waals surface area contributed by atoms with Crippen LogP contribution < -0.4 is 15.0 Å². The average Bonchev–Trinajstić information content (AvgIpc) is 2.65. The highest BCUT2D eigenvalue weighted by Gasteiger charge is 2.37. The first kappa shape index (κ1) is 19.2. The molecule has 0 atom stereocenters. The molecule has 0 radical (unpaired) electrons. The van der Waals surface area contributed by atoms with Crippen molar-refractivity contribution in [2.45, 2.75) is 6.18 Å². The van der Waals surface area contributed by atoms with Gasteiger partial charge in [0.2, 0.25) is 0 Å². The van der Waals surface area contributed by atoms with E-state index < -0.39 is 35.2 Å². The van der Waals surface area contributed by atoms with Gasteiger partial charge in [-0.1, -0.05) is 12.1 Å². The molecule has 0 aromatic heterocycles. The van der Waals surface area contributed by atoms with E-state index in [9.17, 15) is 27.6 Å². The largest absolute Gasteiger partial charge is 0.497 e. The first-order valence-electron chi connectivity index (χ1n) is 7.93. The lowest BCUT2D eigenvalue weighted by Crippen LogP contribution is -2.54. The van der Waals surface area contributed by atoms with Gasteiger partial charge in [-0.25, -0.2) is 9.69 Å². The number of hydrogen-bond donors (Lipinski definition) is 1. The number of ether oxygens (including phenoxy) is 1. The predicted molar refractivity (Wildman–Crippen MR) is 93.4 cm³/mol. The van der Waals surface area contributed by atoms with Crippen molar-refractivity contribution in [2.24, 2.45) is 0 Å². The SMILES string of the molecule is COc1ccc(N2C(=O)NC(=O)/C(=C/c3cccc(C(F)(F)F)c3)C2=O)cc1. The quantitative estimate of drug-likeness (QED) is 0.644. The summed E-state index contributed by atoms with van der Waals surface area (Å²) >= 11 is 0. The third kappa shape index (κ3) is 3.73. The number of imide groups is 2. The molecule has 0 saturated carbocycles. The molecule has 4 amide bonds. The minimum atomic E-state index is -4.57. The number of amides is 4. The lowest BCUT2D eigenvalue weighted by Gasteiger charge is -2.26. The van der Waals surface area contributed by atoms with E-state index in [1.54, 1.807) is 0 Å². The Morgan fingerprint density at radius 3 is 2.32 bits per heavy atom. The summed E-state index contributed by atoms with van der Waals surface area (Å²) < 4.78 is 43.6. The van der Waals surface area contributed by atoms with E-state index in [0.29, 0.717) is 5.75 Å². The zero-order valence-electron chi connectivity index (χ0n) is 14.4. The Kier molecular flexibility index (Phi) is 4.91. The van der Waals surface area contributed by atoms with Crippen LogP contribution in [0.15, 0.2) is 54.1 Å². The standard InChI is InChI=1S/C19H13F3N2O4/c1-28-14-7-5-13(6-8-14)24-17(26)15(16(25)23-18(24)27)10-11-3-2-4-12(9-11)19(20,21)22/h2-10H,1H3,(H,23,25,27)/b15-10-. The highest BCUT2D eigenvalue weighted by molar-refractivity contribution is 6.39. The van der Waals surface area contributed by atoms with E-state index in [-0.39, 0.29) is 11.3 Å². The smallest absolute Gasteiger partial charge is 0.416 e. The zero-order chi connectivity index (χ0) is 20.5. The first-order chi connectivity index (χ1) is 13.2. The van der Waals surface area contributed by atoms with Gasteiger partial charge in [0, 0.05) is 0 Å². The summed E-state index contributed by atoms with van der Waals surface area (Å²) in [5, 5.41) is 2.01. The van der Waals surface area contributed by atoms with Crippen LogP contribution in [0.5, 0.6) is 5.75 Å². The van der Waals surface area contributed by atoms with Crippen LogP contribution in [0.25, 0.3) is 6.08 Å². The fraction of sp³-hybridized carbons (Fsp3) is 0.105. The molecule has 1 aliphatic rings. The number of barbiturate groups is 1. The molecular formula is C19H13F3N2O4. The van der Waals surface area contributed by atoms with Gasteiger partial charge in [0.05, 0.1) is 18.4 Å². The van der Waals surface area contributed by atoms with E-state index in [4.69, 9.17) is 4.74 Å². The number of nitrogens with zero attached hydrogens (tertiary/aromatic N) is 1. The van der Waals surface area contributed by atoms with Gasteiger partial charge in [-0.15, -0.1) is 0 Å². The third-order valence-corrected chi connectivity index (χ3v) is 3.96. The van der Waals surface area contributed by atoms with Gasteiger partial charge in [-0.05, 0) is 48.0 Å². The molecular weight excluding hydrogens is 377 g/mol. The van der Waals surface area contributed by atoms with Crippen LogP contribution in [-0.2, 0) is 15.8 Å². The Morgan fingerprint density at radius 1 is 1.04 bits per heavy atom. The molecule has 1 N–H and O–H groups in total. The van der Waals surface area contributed by atoms with Gasteiger partial charge in [-0.3, -0.25) is 14.9 Å². The maximum atomic E-state index is 12.9. The topological polar surface area (TPSA) is 75.7 Å². The van der Waals surface area contributed by atoms with Crippen molar-refractivity contribution in [1.29, 1.82) is 0 Å². The van der Waals surface area contributed by atoms with Crippen LogP contribution in [0.1, 0.15) is 11.1 Å². The third-order valence-electron chi connectivity index (χ3n) is 3.96. The fourth-order valence-corrected chi connectivity index (χ4v) is 2.59. The molecule has 0 spiro atoms. The molecule has 1 saturated heterocycles. The van der Waals surface area contributed by atoms with Crippen LogP contribution in [0, 0.1) is 0 Å². The minimum absolute atomic E-state index is 0.00245. The number of halogens is 3. The van der Waals surface area contributed by atoms with Crippen LogP contribution in [0.4, 0.5) is 23.7 Å². The Hall–Kier alpha value is -3.62. The van der Waals surface area contributed by atoms with Crippen molar-refractivity contribution < 1.29 is 32.3 Å². The first-order valence-corrected chi connectivity index (χ1v) is 7.93. The van der Waals surface area contributed by atoms with Crippen molar-refractivity contribution in [1.82, 2.24) is 5.32 Å².